The summed E-state index contributed by atoms with van der Waals surface area (Å²) >= 11 is 0. The number of amides is 3. The van der Waals surface area contributed by atoms with E-state index in [-0.39, 0.29) is 23.2 Å². The first-order chi connectivity index (χ1) is 15.9. The number of carbonyl (C=O) groups excluding carboxylic acids is 2. The van der Waals surface area contributed by atoms with Crippen LogP contribution in [0.3, 0.4) is 0 Å². The zero-order chi connectivity index (χ0) is 23.3. The van der Waals surface area contributed by atoms with E-state index in [0.717, 1.165) is 18.7 Å². The van der Waals surface area contributed by atoms with Crippen molar-refractivity contribution in [3.8, 4) is 0 Å². The highest BCUT2D eigenvalue weighted by Gasteiger charge is 2.35. The molecule has 2 N–H and O–H groups in total. The molecule has 1 fully saturated rings. The molecular weight excluding hydrogens is 416 g/mol. The molecule has 0 atom stereocenters. The summed E-state index contributed by atoms with van der Waals surface area (Å²) in [4.78, 5) is 29.3. The third kappa shape index (κ3) is 5.81. The van der Waals surface area contributed by atoms with Crippen molar-refractivity contribution in [3.05, 3.63) is 89.9 Å². The van der Waals surface area contributed by atoms with Crippen molar-refractivity contribution in [2.75, 3.05) is 25.0 Å². The molecule has 0 spiro atoms. The highest BCUT2D eigenvalue weighted by Crippen LogP contribution is 2.23. The van der Waals surface area contributed by atoms with Crippen LogP contribution in [0.15, 0.2) is 77.4 Å². The monoisotopic (exact) mass is 446 g/mol. The van der Waals surface area contributed by atoms with Gasteiger partial charge >= 0.3 is 6.03 Å². The van der Waals surface area contributed by atoms with E-state index in [1.54, 1.807) is 18.2 Å². The number of benzene rings is 2. The Hall–Kier alpha value is -3.58. The maximum Gasteiger partial charge on any atom is 0.317 e. The van der Waals surface area contributed by atoms with E-state index >= 15 is 0 Å². The summed E-state index contributed by atoms with van der Waals surface area (Å²) in [5.41, 5.74) is 2.71. The molecule has 1 saturated heterocycles. The van der Waals surface area contributed by atoms with Crippen molar-refractivity contribution in [2.24, 2.45) is 0 Å². The molecule has 3 aromatic rings. The number of piperazine rings is 1. The Labute approximate surface area is 194 Å². The number of furan rings is 1. The standard InChI is InChI=1S/C26H30N4O3/c1-26(2)19-29(13-14-30(26)18-20-8-4-3-5-9-20)25(32)27-17-21-10-6-11-22(16-21)28-24(31)23-12-7-15-33-23/h3-12,15-16H,13-14,17-19H2,1-2H3,(H,27,32)(H,28,31). The average Bonchev–Trinajstić information content (AvgIpc) is 3.35. The van der Waals surface area contributed by atoms with Crippen molar-refractivity contribution in [1.29, 1.82) is 0 Å². The van der Waals surface area contributed by atoms with E-state index < -0.39 is 0 Å². The minimum Gasteiger partial charge on any atom is -0.459 e. The number of rotatable bonds is 6. The Morgan fingerprint density at radius 2 is 1.76 bits per heavy atom. The molecule has 1 aromatic heterocycles. The molecule has 0 unspecified atom stereocenters. The summed E-state index contributed by atoms with van der Waals surface area (Å²) in [7, 11) is 0. The molecule has 0 bridgehead atoms. The molecule has 2 heterocycles. The second-order valence-corrected chi connectivity index (χ2v) is 8.93. The van der Waals surface area contributed by atoms with Gasteiger partial charge in [0.15, 0.2) is 5.76 Å². The molecule has 0 aliphatic carbocycles. The number of anilines is 1. The van der Waals surface area contributed by atoms with E-state index in [4.69, 9.17) is 4.42 Å². The van der Waals surface area contributed by atoms with Crippen LogP contribution in [0, 0.1) is 0 Å². The molecule has 4 rings (SSSR count). The zero-order valence-corrected chi connectivity index (χ0v) is 19.1. The third-order valence-corrected chi connectivity index (χ3v) is 5.95. The van der Waals surface area contributed by atoms with E-state index in [9.17, 15) is 9.59 Å². The van der Waals surface area contributed by atoms with Gasteiger partial charge in [-0.15, -0.1) is 0 Å². The van der Waals surface area contributed by atoms with Gasteiger partial charge in [-0.2, -0.15) is 0 Å². The number of nitrogens with one attached hydrogen (secondary N) is 2. The minimum atomic E-state index is -0.309. The van der Waals surface area contributed by atoms with Gasteiger partial charge in [-0.3, -0.25) is 9.69 Å². The molecule has 0 saturated carbocycles. The molecule has 1 aliphatic rings. The fraction of sp³-hybridized carbons (Fsp3) is 0.308. The van der Waals surface area contributed by atoms with Crippen molar-refractivity contribution in [2.45, 2.75) is 32.5 Å². The van der Waals surface area contributed by atoms with Crippen LogP contribution >= 0.6 is 0 Å². The molecular formula is C26H30N4O3. The van der Waals surface area contributed by atoms with Crippen molar-refractivity contribution < 1.29 is 14.0 Å². The van der Waals surface area contributed by atoms with Gasteiger partial charge < -0.3 is 20.0 Å². The van der Waals surface area contributed by atoms with Gasteiger partial charge in [0.05, 0.1) is 6.26 Å². The van der Waals surface area contributed by atoms with Crippen molar-refractivity contribution in [3.63, 3.8) is 0 Å². The topological polar surface area (TPSA) is 77.8 Å². The molecule has 3 amide bonds. The van der Waals surface area contributed by atoms with Crippen LogP contribution in [0.2, 0.25) is 0 Å². The Morgan fingerprint density at radius 1 is 0.970 bits per heavy atom. The van der Waals surface area contributed by atoms with Crippen LogP contribution in [0.5, 0.6) is 0 Å². The number of urea groups is 1. The molecule has 33 heavy (non-hydrogen) atoms. The first-order valence-electron chi connectivity index (χ1n) is 11.2. The van der Waals surface area contributed by atoms with Crippen LogP contribution < -0.4 is 10.6 Å². The normalized spacial score (nSPS) is 15.8. The molecule has 7 nitrogen and oxygen atoms in total. The first kappa shape index (κ1) is 22.6. The summed E-state index contributed by atoms with van der Waals surface area (Å²) in [6.07, 6.45) is 1.46. The largest absolute Gasteiger partial charge is 0.459 e. The molecule has 172 valence electrons. The molecule has 2 aromatic carbocycles. The minimum absolute atomic E-state index is 0.0764. The summed E-state index contributed by atoms with van der Waals surface area (Å²) in [6.45, 7) is 7.78. The summed E-state index contributed by atoms with van der Waals surface area (Å²) in [6, 6.07) is 21.1. The van der Waals surface area contributed by atoms with Gasteiger partial charge in [0, 0.05) is 44.0 Å². The highest BCUT2D eigenvalue weighted by atomic mass is 16.3. The lowest BCUT2D eigenvalue weighted by Crippen LogP contribution is -2.61. The highest BCUT2D eigenvalue weighted by molar-refractivity contribution is 6.02. The fourth-order valence-corrected chi connectivity index (χ4v) is 4.11. The van der Waals surface area contributed by atoms with E-state index in [1.807, 2.05) is 29.2 Å². The van der Waals surface area contributed by atoms with Gasteiger partial charge in [-0.25, -0.2) is 4.79 Å². The Morgan fingerprint density at radius 3 is 2.48 bits per heavy atom. The van der Waals surface area contributed by atoms with Gasteiger partial charge in [0.1, 0.15) is 0 Å². The SMILES string of the molecule is CC1(C)CN(C(=O)NCc2cccc(NC(=O)c3ccco3)c2)CCN1Cc1ccccc1. The van der Waals surface area contributed by atoms with Crippen LogP contribution in [-0.4, -0.2) is 46.9 Å². The second-order valence-electron chi connectivity index (χ2n) is 8.93. The van der Waals surface area contributed by atoms with Gasteiger partial charge in [0.2, 0.25) is 0 Å². The summed E-state index contributed by atoms with van der Waals surface area (Å²) < 4.78 is 5.12. The van der Waals surface area contributed by atoms with Crippen LogP contribution in [-0.2, 0) is 13.1 Å². The fourth-order valence-electron chi connectivity index (χ4n) is 4.11. The Kier molecular flexibility index (Phi) is 6.79. The molecule has 7 heteroatoms. The second kappa shape index (κ2) is 9.92. The van der Waals surface area contributed by atoms with Crippen molar-refractivity contribution in [1.82, 2.24) is 15.1 Å². The lowest BCUT2D eigenvalue weighted by Gasteiger charge is -2.47. The lowest BCUT2D eigenvalue weighted by molar-refractivity contribution is 0.0297. The maximum atomic E-state index is 12.9. The zero-order valence-electron chi connectivity index (χ0n) is 19.1. The first-order valence-corrected chi connectivity index (χ1v) is 11.2. The van der Waals surface area contributed by atoms with E-state index in [0.29, 0.717) is 25.3 Å². The maximum absolute atomic E-state index is 12.9. The third-order valence-electron chi connectivity index (χ3n) is 5.95. The van der Waals surface area contributed by atoms with Gasteiger partial charge in [-0.1, -0.05) is 42.5 Å². The lowest BCUT2D eigenvalue weighted by atomic mass is 9.98. The van der Waals surface area contributed by atoms with E-state index in [2.05, 4.69) is 53.6 Å². The Balaban J connectivity index is 1.30. The van der Waals surface area contributed by atoms with Gasteiger partial charge in [0.25, 0.3) is 5.91 Å². The van der Waals surface area contributed by atoms with Gasteiger partial charge in [-0.05, 0) is 49.2 Å². The van der Waals surface area contributed by atoms with Crippen LogP contribution in [0.25, 0.3) is 0 Å². The Bertz CT molecular complexity index is 1080. The number of nitrogens with zero attached hydrogens (tertiary/aromatic N) is 2. The smallest absolute Gasteiger partial charge is 0.317 e. The number of hydrogen-bond donors (Lipinski definition) is 2. The predicted octanol–water partition coefficient (Wildman–Crippen LogP) is 4.34. The van der Waals surface area contributed by atoms with Crippen LogP contribution in [0.1, 0.15) is 35.5 Å². The number of hydrogen-bond acceptors (Lipinski definition) is 4. The number of carbonyl (C=O) groups is 2. The summed E-state index contributed by atoms with van der Waals surface area (Å²) in [5, 5.41) is 5.83. The van der Waals surface area contributed by atoms with Crippen LogP contribution in [0.4, 0.5) is 10.5 Å². The predicted molar refractivity (Wildman–Crippen MR) is 128 cm³/mol. The molecule has 0 radical (unpaired) electrons. The van der Waals surface area contributed by atoms with Crippen molar-refractivity contribution >= 4 is 17.6 Å². The average molecular weight is 447 g/mol. The molecule has 1 aliphatic heterocycles. The summed E-state index contributed by atoms with van der Waals surface area (Å²) in [5.74, 6) is -0.0560. The quantitative estimate of drug-likeness (QED) is 0.591. The van der Waals surface area contributed by atoms with E-state index in [1.165, 1.54) is 11.8 Å².